The number of rotatable bonds is 4. The molecule has 0 N–H and O–H groups in total. The highest BCUT2D eigenvalue weighted by molar-refractivity contribution is 5.85. The Balaban J connectivity index is 1.79. The molecular formula is C20H27NO3. The number of hydrogen-bond acceptors (Lipinski definition) is 3. The van der Waals surface area contributed by atoms with Gasteiger partial charge in [-0.25, -0.2) is 0 Å². The Morgan fingerprint density at radius 3 is 2.71 bits per heavy atom. The molecule has 0 radical (unpaired) electrons. The summed E-state index contributed by atoms with van der Waals surface area (Å²) in [6, 6.07) is 10.2. The van der Waals surface area contributed by atoms with Gasteiger partial charge in [0, 0.05) is 19.5 Å². The smallest absolute Gasteiger partial charge is 0.305 e. The van der Waals surface area contributed by atoms with E-state index in [1.54, 1.807) is 0 Å². The summed E-state index contributed by atoms with van der Waals surface area (Å²) in [5.41, 5.74) is 0.822. The van der Waals surface area contributed by atoms with Crippen molar-refractivity contribution in [2.24, 2.45) is 11.3 Å². The first-order chi connectivity index (χ1) is 11.7. The zero-order chi connectivity index (χ0) is 17.0. The van der Waals surface area contributed by atoms with Crippen LogP contribution in [0.5, 0.6) is 0 Å². The van der Waals surface area contributed by atoms with E-state index in [-0.39, 0.29) is 23.2 Å². The molecule has 1 aromatic carbocycles. The normalized spacial score (nSPS) is 27.3. The van der Waals surface area contributed by atoms with Crippen LogP contribution in [0.4, 0.5) is 0 Å². The van der Waals surface area contributed by atoms with Gasteiger partial charge in [-0.05, 0) is 37.2 Å². The van der Waals surface area contributed by atoms with E-state index < -0.39 is 0 Å². The SMILES string of the molecule is COC(=O)CC1CCCCC12CCCN(Cc1ccccc1)C2=O. The van der Waals surface area contributed by atoms with Gasteiger partial charge >= 0.3 is 5.97 Å². The predicted octanol–water partition coefficient (Wildman–Crippen LogP) is 3.55. The van der Waals surface area contributed by atoms with Crippen molar-refractivity contribution >= 4 is 11.9 Å². The quantitative estimate of drug-likeness (QED) is 0.794. The minimum absolute atomic E-state index is 0.129. The van der Waals surface area contributed by atoms with Crippen LogP contribution in [-0.4, -0.2) is 30.4 Å². The second kappa shape index (κ2) is 7.37. The maximum absolute atomic E-state index is 13.4. The Kier molecular flexibility index (Phi) is 5.22. The first-order valence-corrected chi connectivity index (χ1v) is 9.06. The van der Waals surface area contributed by atoms with Crippen LogP contribution in [0.2, 0.25) is 0 Å². The van der Waals surface area contributed by atoms with Crippen molar-refractivity contribution in [2.75, 3.05) is 13.7 Å². The van der Waals surface area contributed by atoms with Gasteiger partial charge in [-0.15, -0.1) is 0 Å². The summed E-state index contributed by atoms with van der Waals surface area (Å²) in [5, 5.41) is 0. The van der Waals surface area contributed by atoms with Crippen molar-refractivity contribution in [3.63, 3.8) is 0 Å². The standard InChI is InChI=1S/C20H27NO3/c1-24-18(22)14-17-10-5-6-11-20(17)12-7-13-21(19(20)23)15-16-8-3-2-4-9-16/h2-4,8-9,17H,5-7,10-15H2,1H3. The van der Waals surface area contributed by atoms with Crippen LogP contribution in [0.25, 0.3) is 0 Å². The van der Waals surface area contributed by atoms with Crippen LogP contribution in [0, 0.1) is 11.3 Å². The third-order valence-electron chi connectivity index (χ3n) is 5.83. The third kappa shape index (κ3) is 3.33. The molecule has 2 aliphatic rings. The fourth-order valence-electron chi connectivity index (χ4n) is 4.57. The molecule has 1 saturated heterocycles. The average Bonchev–Trinajstić information content (AvgIpc) is 2.61. The zero-order valence-electron chi connectivity index (χ0n) is 14.5. The minimum atomic E-state index is -0.348. The number of esters is 1. The van der Waals surface area contributed by atoms with Crippen LogP contribution in [0.3, 0.4) is 0 Å². The lowest BCUT2D eigenvalue weighted by Crippen LogP contribution is -2.53. The van der Waals surface area contributed by atoms with E-state index in [1.165, 1.54) is 12.7 Å². The van der Waals surface area contributed by atoms with E-state index in [0.29, 0.717) is 13.0 Å². The molecule has 1 amide bonds. The minimum Gasteiger partial charge on any atom is -0.469 e. The number of carbonyl (C=O) groups is 2. The molecule has 3 rings (SSSR count). The second-order valence-electron chi connectivity index (χ2n) is 7.19. The van der Waals surface area contributed by atoms with Gasteiger partial charge < -0.3 is 9.64 Å². The van der Waals surface area contributed by atoms with E-state index >= 15 is 0 Å². The van der Waals surface area contributed by atoms with Crippen molar-refractivity contribution in [1.82, 2.24) is 4.90 Å². The Hall–Kier alpha value is -1.84. The molecule has 1 saturated carbocycles. The van der Waals surface area contributed by atoms with Crippen molar-refractivity contribution in [2.45, 2.75) is 51.5 Å². The van der Waals surface area contributed by atoms with Crippen molar-refractivity contribution in [3.05, 3.63) is 35.9 Å². The highest BCUT2D eigenvalue weighted by Gasteiger charge is 2.50. The summed E-state index contributed by atoms with van der Waals surface area (Å²) in [5.74, 6) is 0.199. The number of methoxy groups -OCH3 is 1. The lowest BCUT2D eigenvalue weighted by molar-refractivity contribution is -0.157. The van der Waals surface area contributed by atoms with Crippen molar-refractivity contribution in [1.29, 1.82) is 0 Å². The summed E-state index contributed by atoms with van der Waals surface area (Å²) < 4.78 is 4.88. The number of carbonyl (C=O) groups excluding carboxylic acids is 2. The second-order valence-corrected chi connectivity index (χ2v) is 7.19. The first kappa shape index (κ1) is 17.0. The Labute approximate surface area is 144 Å². The molecule has 1 aliphatic carbocycles. The number of benzene rings is 1. The topological polar surface area (TPSA) is 46.6 Å². The molecule has 130 valence electrons. The van der Waals surface area contributed by atoms with E-state index in [4.69, 9.17) is 4.74 Å². The maximum Gasteiger partial charge on any atom is 0.305 e. The van der Waals surface area contributed by atoms with Gasteiger partial charge in [-0.2, -0.15) is 0 Å². The monoisotopic (exact) mass is 329 g/mol. The Morgan fingerprint density at radius 2 is 1.96 bits per heavy atom. The summed E-state index contributed by atoms with van der Waals surface area (Å²) in [6.45, 7) is 1.49. The molecule has 2 atom stereocenters. The molecule has 0 aromatic heterocycles. The molecule has 0 bridgehead atoms. The third-order valence-corrected chi connectivity index (χ3v) is 5.83. The number of amides is 1. The van der Waals surface area contributed by atoms with Gasteiger partial charge in [0.05, 0.1) is 12.5 Å². The first-order valence-electron chi connectivity index (χ1n) is 9.06. The number of piperidine rings is 1. The zero-order valence-corrected chi connectivity index (χ0v) is 14.5. The number of hydrogen-bond donors (Lipinski definition) is 0. The fourth-order valence-corrected chi connectivity index (χ4v) is 4.57. The van der Waals surface area contributed by atoms with E-state index in [1.807, 2.05) is 23.1 Å². The molecule has 24 heavy (non-hydrogen) atoms. The van der Waals surface area contributed by atoms with E-state index in [2.05, 4.69) is 12.1 Å². The number of nitrogens with zero attached hydrogens (tertiary/aromatic N) is 1. The predicted molar refractivity (Wildman–Crippen MR) is 92.1 cm³/mol. The summed E-state index contributed by atoms with van der Waals surface area (Å²) >= 11 is 0. The largest absolute Gasteiger partial charge is 0.469 e. The molecule has 4 heteroatoms. The molecule has 1 spiro atoms. The highest BCUT2D eigenvalue weighted by atomic mass is 16.5. The molecule has 2 unspecified atom stereocenters. The molecular weight excluding hydrogens is 302 g/mol. The summed E-state index contributed by atoms with van der Waals surface area (Å²) in [6.07, 6.45) is 6.38. The lowest BCUT2D eigenvalue weighted by atomic mass is 9.61. The summed E-state index contributed by atoms with van der Waals surface area (Å²) in [4.78, 5) is 27.2. The van der Waals surface area contributed by atoms with Crippen LogP contribution < -0.4 is 0 Å². The molecule has 1 aromatic rings. The van der Waals surface area contributed by atoms with Crippen LogP contribution in [0.1, 0.15) is 50.5 Å². The van der Waals surface area contributed by atoms with Crippen LogP contribution in [0.15, 0.2) is 30.3 Å². The molecule has 1 heterocycles. The van der Waals surface area contributed by atoms with Gasteiger partial charge in [-0.3, -0.25) is 9.59 Å². The van der Waals surface area contributed by atoms with Gasteiger partial charge in [0.2, 0.25) is 5.91 Å². The van der Waals surface area contributed by atoms with Gasteiger partial charge in [0.25, 0.3) is 0 Å². The Bertz CT molecular complexity index is 582. The fraction of sp³-hybridized carbons (Fsp3) is 0.600. The van der Waals surface area contributed by atoms with Crippen molar-refractivity contribution < 1.29 is 14.3 Å². The van der Waals surface area contributed by atoms with Crippen LogP contribution >= 0.6 is 0 Å². The van der Waals surface area contributed by atoms with E-state index in [0.717, 1.165) is 45.1 Å². The van der Waals surface area contributed by atoms with Gasteiger partial charge in [0.15, 0.2) is 0 Å². The lowest BCUT2D eigenvalue weighted by Gasteiger charge is -2.48. The molecule has 2 fully saturated rings. The van der Waals surface area contributed by atoms with Crippen LogP contribution in [-0.2, 0) is 20.9 Å². The number of ether oxygens (including phenoxy) is 1. The Morgan fingerprint density at radius 1 is 1.21 bits per heavy atom. The van der Waals surface area contributed by atoms with Gasteiger partial charge in [-0.1, -0.05) is 43.2 Å². The molecule has 1 aliphatic heterocycles. The highest BCUT2D eigenvalue weighted by Crippen LogP contribution is 2.49. The van der Waals surface area contributed by atoms with Crippen molar-refractivity contribution in [3.8, 4) is 0 Å². The van der Waals surface area contributed by atoms with Gasteiger partial charge in [0.1, 0.15) is 0 Å². The molecule has 4 nitrogen and oxygen atoms in total. The van der Waals surface area contributed by atoms with E-state index in [9.17, 15) is 9.59 Å². The average molecular weight is 329 g/mol. The maximum atomic E-state index is 13.4. The number of likely N-dealkylation sites (tertiary alicyclic amines) is 1. The summed E-state index contributed by atoms with van der Waals surface area (Å²) in [7, 11) is 1.43.